The quantitative estimate of drug-likeness (QED) is 0.535. The molecule has 1 aliphatic carbocycles. The number of benzene rings is 2. The second-order valence-electron chi connectivity index (χ2n) is 8.96. The van der Waals surface area contributed by atoms with Crippen LogP contribution in [-0.2, 0) is 17.6 Å². The molecule has 3 aromatic rings. The molecule has 1 N–H and O–H groups in total. The molecule has 1 aliphatic heterocycles. The molecule has 5 rings (SSSR count). The average molecular weight is 479 g/mol. The van der Waals surface area contributed by atoms with Crippen LogP contribution in [0, 0.1) is 0 Å². The number of nitrogens with one attached hydrogen (secondary N) is 1. The molecular weight excluding hydrogens is 448 g/mol. The van der Waals surface area contributed by atoms with Gasteiger partial charge in [0.05, 0.1) is 25.5 Å². The molecule has 0 saturated carbocycles. The van der Waals surface area contributed by atoms with E-state index < -0.39 is 0 Å². The Bertz CT molecular complexity index is 1260. The van der Waals surface area contributed by atoms with Crippen molar-refractivity contribution in [1.29, 1.82) is 0 Å². The van der Waals surface area contributed by atoms with Crippen LogP contribution in [0.1, 0.15) is 47.4 Å². The Kier molecular flexibility index (Phi) is 6.53. The molecule has 2 aliphatic rings. The van der Waals surface area contributed by atoms with Crippen LogP contribution in [-0.4, -0.2) is 50.6 Å². The number of rotatable bonds is 7. The van der Waals surface area contributed by atoms with Crippen molar-refractivity contribution in [1.82, 2.24) is 4.90 Å². The van der Waals surface area contributed by atoms with Gasteiger partial charge in [0.15, 0.2) is 18.1 Å². The second-order valence-corrected chi connectivity index (χ2v) is 8.96. The molecule has 0 unspecified atom stereocenters. The van der Waals surface area contributed by atoms with E-state index in [0.717, 1.165) is 55.3 Å². The summed E-state index contributed by atoms with van der Waals surface area (Å²) in [5.41, 5.74) is 2.83. The van der Waals surface area contributed by atoms with Gasteiger partial charge in [-0.25, -0.2) is 0 Å². The molecule has 2 heterocycles. The lowest BCUT2D eigenvalue weighted by Crippen LogP contribution is -2.29. The molecule has 1 saturated heterocycles. The third-order valence-electron chi connectivity index (χ3n) is 6.72. The van der Waals surface area contributed by atoms with Crippen molar-refractivity contribution in [2.75, 3.05) is 39.2 Å². The molecule has 2 aromatic carbocycles. The normalized spacial score (nSPS) is 15.1. The minimum Gasteiger partial charge on any atom is -0.493 e. The highest BCUT2D eigenvalue weighted by atomic mass is 16.5. The minimum atomic E-state index is -0.373. The SMILES string of the molecule is COc1cc(NC(=O)COc2ccc3oc4c(c3c2)CCCC4)c(C(=O)N2CCCC2)cc1OC. The Morgan fingerprint density at radius 1 is 0.971 bits per heavy atom. The zero-order chi connectivity index (χ0) is 24.4. The number of aryl methyl sites for hydroxylation is 2. The van der Waals surface area contributed by atoms with Gasteiger partial charge in [0.1, 0.15) is 17.1 Å². The zero-order valence-electron chi connectivity index (χ0n) is 20.1. The van der Waals surface area contributed by atoms with E-state index in [4.69, 9.17) is 18.6 Å². The molecule has 2 amide bonds. The molecule has 35 heavy (non-hydrogen) atoms. The van der Waals surface area contributed by atoms with Gasteiger partial charge in [-0.15, -0.1) is 0 Å². The van der Waals surface area contributed by atoms with E-state index in [1.54, 1.807) is 17.0 Å². The number of carbonyl (C=O) groups excluding carboxylic acids is 2. The fourth-order valence-electron chi connectivity index (χ4n) is 4.92. The van der Waals surface area contributed by atoms with Crippen molar-refractivity contribution in [3.8, 4) is 17.2 Å². The van der Waals surface area contributed by atoms with Crippen molar-refractivity contribution in [2.24, 2.45) is 0 Å². The van der Waals surface area contributed by atoms with E-state index in [1.807, 2.05) is 18.2 Å². The predicted molar refractivity (Wildman–Crippen MR) is 132 cm³/mol. The molecular formula is C27H30N2O6. The minimum absolute atomic E-state index is 0.144. The van der Waals surface area contributed by atoms with Crippen LogP contribution in [0.25, 0.3) is 11.0 Å². The lowest BCUT2D eigenvalue weighted by Gasteiger charge is -2.20. The van der Waals surface area contributed by atoms with Crippen molar-refractivity contribution < 1.29 is 28.2 Å². The summed E-state index contributed by atoms with van der Waals surface area (Å²) in [4.78, 5) is 27.8. The van der Waals surface area contributed by atoms with Crippen molar-refractivity contribution in [3.05, 3.63) is 47.2 Å². The first-order valence-corrected chi connectivity index (χ1v) is 12.1. The number of ether oxygens (including phenoxy) is 3. The van der Waals surface area contributed by atoms with Gasteiger partial charge in [0.25, 0.3) is 11.8 Å². The highest BCUT2D eigenvalue weighted by Gasteiger charge is 2.25. The fourth-order valence-corrected chi connectivity index (χ4v) is 4.92. The van der Waals surface area contributed by atoms with Gasteiger partial charge in [0, 0.05) is 36.5 Å². The molecule has 1 aromatic heterocycles. The predicted octanol–water partition coefficient (Wildman–Crippen LogP) is 4.58. The molecule has 0 radical (unpaired) electrons. The van der Waals surface area contributed by atoms with Crippen LogP contribution in [0.5, 0.6) is 17.2 Å². The average Bonchev–Trinajstić information content (AvgIpc) is 3.55. The first-order chi connectivity index (χ1) is 17.1. The summed E-state index contributed by atoms with van der Waals surface area (Å²) in [6, 6.07) is 8.87. The molecule has 0 spiro atoms. The van der Waals surface area contributed by atoms with E-state index in [0.29, 0.717) is 41.6 Å². The maximum Gasteiger partial charge on any atom is 0.262 e. The monoisotopic (exact) mass is 478 g/mol. The van der Waals surface area contributed by atoms with Crippen LogP contribution >= 0.6 is 0 Å². The van der Waals surface area contributed by atoms with Crippen LogP contribution in [0.4, 0.5) is 5.69 Å². The number of nitrogens with zero attached hydrogens (tertiary/aromatic N) is 1. The summed E-state index contributed by atoms with van der Waals surface area (Å²) in [5, 5.41) is 3.88. The second kappa shape index (κ2) is 9.90. The van der Waals surface area contributed by atoms with Crippen molar-refractivity contribution in [2.45, 2.75) is 38.5 Å². The van der Waals surface area contributed by atoms with E-state index in [9.17, 15) is 9.59 Å². The van der Waals surface area contributed by atoms with Crippen LogP contribution in [0.3, 0.4) is 0 Å². The Morgan fingerprint density at radius 3 is 2.49 bits per heavy atom. The number of likely N-dealkylation sites (tertiary alicyclic amines) is 1. The van der Waals surface area contributed by atoms with Gasteiger partial charge in [-0.3, -0.25) is 9.59 Å². The lowest BCUT2D eigenvalue weighted by atomic mass is 9.96. The maximum atomic E-state index is 13.2. The lowest BCUT2D eigenvalue weighted by molar-refractivity contribution is -0.118. The number of furan rings is 1. The largest absolute Gasteiger partial charge is 0.493 e. The van der Waals surface area contributed by atoms with Gasteiger partial charge in [-0.1, -0.05) is 0 Å². The van der Waals surface area contributed by atoms with Gasteiger partial charge >= 0.3 is 0 Å². The van der Waals surface area contributed by atoms with E-state index in [2.05, 4.69) is 5.32 Å². The third kappa shape index (κ3) is 4.65. The maximum absolute atomic E-state index is 13.2. The molecule has 8 heteroatoms. The first-order valence-electron chi connectivity index (χ1n) is 12.1. The number of hydrogen-bond donors (Lipinski definition) is 1. The smallest absolute Gasteiger partial charge is 0.262 e. The van der Waals surface area contributed by atoms with Crippen LogP contribution in [0.2, 0.25) is 0 Å². The number of carbonyl (C=O) groups is 2. The molecule has 0 atom stereocenters. The summed E-state index contributed by atoms with van der Waals surface area (Å²) in [5.74, 6) is 2.00. The van der Waals surface area contributed by atoms with Crippen LogP contribution in [0.15, 0.2) is 34.7 Å². The number of amides is 2. The zero-order valence-corrected chi connectivity index (χ0v) is 20.1. The first kappa shape index (κ1) is 23.1. The van der Waals surface area contributed by atoms with E-state index in [1.165, 1.54) is 19.8 Å². The highest BCUT2D eigenvalue weighted by molar-refractivity contribution is 6.05. The van der Waals surface area contributed by atoms with Crippen LogP contribution < -0.4 is 19.5 Å². The number of methoxy groups -OCH3 is 2. The molecule has 8 nitrogen and oxygen atoms in total. The van der Waals surface area contributed by atoms with Gasteiger partial charge < -0.3 is 28.8 Å². The third-order valence-corrected chi connectivity index (χ3v) is 6.72. The Labute approximate surface area is 204 Å². The summed E-state index contributed by atoms with van der Waals surface area (Å²) in [6.45, 7) is 1.20. The van der Waals surface area contributed by atoms with Crippen molar-refractivity contribution in [3.63, 3.8) is 0 Å². The Balaban J connectivity index is 1.33. The number of anilines is 1. The Morgan fingerprint density at radius 2 is 1.71 bits per heavy atom. The van der Waals surface area contributed by atoms with E-state index in [-0.39, 0.29) is 18.4 Å². The van der Waals surface area contributed by atoms with Gasteiger partial charge in [-0.05, 0) is 56.4 Å². The molecule has 1 fully saturated rings. The van der Waals surface area contributed by atoms with Gasteiger partial charge in [0.2, 0.25) is 0 Å². The number of fused-ring (bicyclic) bond motifs is 3. The van der Waals surface area contributed by atoms with Gasteiger partial charge in [-0.2, -0.15) is 0 Å². The summed E-state index contributed by atoms with van der Waals surface area (Å²) < 4.78 is 22.5. The van der Waals surface area contributed by atoms with Crippen molar-refractivity contribution >= 4 is 28.5 Å². The molecule has 0 bridgehead atoms. The summed E-state index contributed by atoms with van der Waals surface area (Å²) in [7, 11) is 3.03. The van der Waals surface area contributed by atoms with E-state index >= 15 is 0 Å². The Hall–Kier alpha value is -3.68. The number of hydrogen-bond acceptors (Lipinski definition) is 6. The fraction of sp³-hybridized carbons (Fsp3) is 0.407. The highest BCUT2D eigenvalue weighted by Crippen LogP contribution is 2.35. The summed E-state index contributed by atoms with van der Waals surface area (Å²) >= 11 is 0. The standard InChI is InChI=1S/C27H30N2O6/c1-32-24-14-20(27(31)29-11-5-6-12-29)21(15-25(24)33-2)28-26(30)16-34-17-9-10-23-19(13-17)18-7-3-4-8-22(18)35-23/h9-10,13-15H,3-8,11-12,16H2,1-2H3,(H,28,30). The summed E-state index contributed by atoms with van der Waals surface area (Å²) in [6.07, 6.45) is 6.21. The topological polar surface area (TPSA) is 90.2 Å². The molecule has 184 valence electrons.